The molecule has 0 amide bonds. The Morgan fingerprint density at radius 1 is 1.00 bits per heavy atom. The van der Waals surface area contributed by atoms with Crippen molar-refractivity contribution in [3.8, 4) is 17.0 Å². The lowest BCUT2D eigenvalue weighted by atomic mass is 10.1. The van der Waals surface area contributed by atoms with Gasteiger partial charge in [-0.1, -0.05) is 48.0 Å². The lowest BCUT2D eigenvalue weighted by Crippen LogP contribution is -1.94. The average molecular weight is 285 g/mol. The van der Waals surface area contributed by atoms with Gasteiger partial charge in [0.05, 0.1) is 6.61 Å². The number of hydrogen-bond acceptors (Lipinski definition) is 3. The first-order chi connectivity index (χ1) is 9.79. The summed E-state index contributed by atoms with van der Waals surface area (Å²) in [5.41, 5.74) is 1.78. The highest BCUT2D eigenvalue weighted by atomic mass is 35.5. The van der Waals surface area contributed by atoms with Gasteiger partial charge in [-0.15, -0.1) is 10.2 Å². The number of ether oxygens (including phenoxy) is 1. The number of benzene rings is 2. The summed E-state index contributed by atoms with van der Waals surface area (Å²) in [5.74, 6) is 0.825. The van der Waals surface area contributed by atoms with Crippen molar-refractivity contribution >= 4 is 22.4 Å². The maximum Gasteiger partial charge on any atom is 0.159 e. The molecule has 20 heavy (non-hydrogen) atoms. The molecule has 0 bridgehead atoms. The highest BCUT2D eigenvalue weighted by molar-refractivity contribution is 6.34. The molecule has 1 aromatic heterocycles. The van der Waals surface area contributed by atoms with E-state index in [1.165, 1.54) is 0 Å². The third-order valence-corrected chi connectivity index (χ3v) is 3.34. The van der Waals surface area contributed by atoms with Crippen LogP contribution >= 0.6 is 11.6 Å². The van der Waals surface area contributed by atoms with Gasteiger partial charge >= 0.3 is 0 Å². The van der Waals surface area contributed by atoms with Crippen LogP contribution in [0.25, 0.3) is 22.0 Å². The predicted octanol–water partition coefficient (Wildman–Crippen LogP) is 4.35. The van der Waals surface area contributed by atoms with Crippen molar-refractivity contribution in [3.63, 3.8) is 0 Å². The fourth-order valence-corrected chi connectivity index (χ4v) is 2.39. The molecule has 0 saturated heterocycles. The molecule has 0 aliphatic heterocycles. The van der Waals surface area contributed by atoms with Gasteiger partial charge in [0.2, 0.25) is 0 Å². The normalized spacial score (nSPS) is 10.7. The maximum absolute atomic E-state index is 6.10. The van der Waals surface area contributed by atoms with Gasteiger partial charge in [-0.05, 0) is 19.1 Å². The largest absolute Gasteiger partial charge is 0.494 e. The zero-order valence-electron chi connectivity index (χ0n) is 11.0. The summed E-state index contributed by atoms with van der Waals surface area (Å²) in [6.07, 6.45) is 0. The SMILES string of the molecule is CCOc1cccc(-c2nnc(Cl)c3ccccc23)c1. The monoisotopic (exact) mass is 284 g/mol. The van der Waals surface area contributed by atoms with E-state index in [-0.39, 0.29) is 0 Å². The summed E-state index contributed by atoms with van der Waals surface area (Å²) in [7, 11) is 0. The first-order valence-electron chi connectivity index (χ1n) is 6.43. The minimum atomic E-state index is 0.422. The Balaban J connectivity index is 2.19. The molecule has 0 fully saturated rings. The average Bonchev–Trinajstić information content (AvgIpc) is 2.49. The minimum Gasteiger partial charge on any atom is -0.494 e. The molecule has 100 valence electrons. The van der Waals surface area contributed by atoms with E-state index in [0.717, 1.165) is 27.8 Å². The van der Waals surface area contributed by atoms with Crippen molar-refractivity contribution in [1.82, 2.24) is 10.2 Å². The van der Waals surface area contributed by atoms with E-state index < -0.39 is 0 Å². The predicted molar refractivity (Wildman–Crippen MR) is 81.2 cm³/mol. The molecule has 0 saturated carbocycles. The molecule has 1 heterocycles. The zero-order chi connectivity index (χ0) is 13.9. The van der Waals surface area contributed by atoms with E-state index in [4.69, 9.17) is 16.3 Å². The number of nitrogens with zero attached hydrogens (tertiary/aromatic N) is 2. The molecule has 0 radical (unpaired) electrons. The van der Waals surface area contributed by atoms with E-state index in [0.29, 0.717) is 11.8 Å². The van der Waals surface area contributed by atoms with Crippen molar-refractivity contribution in [1.29, 1.82) is 0 Å². The van der Waals surface area contributed by atoms with Gasteiger partial charge in [0.25, 0.3) is 0 Å². The molecule has 0 atom stereocenters. The van der Waals surface area contributed by atoms with Crippen LogP contribution in [0.1, 0.15) is 6.92 Å². The number of hydrogen-bond donors (Lipinski definition) is 0. The lowest BCUT2D eigenvalue weighted by molar-refractivity contribution is 0.340. The van der Waals surface area contributed by atoms with Crippen LogP contribution in [-0.2, 0) is 0 Å². The Bertz CT molecular complexity index is 758. The van der Waals surface area contributed by atoms with Crippen LogP contribution < -0.4 is 4.74 Å². The van der Waals surface area contributed by atoms with Crippen LogP contribution in [-0.4, -0.2) is 16.8 Å². The molecule has 2 aromatic carbocycles. The van der Waals surface area contributed by atoms with Crippen LogP contribution in [0.3, 0.4) is 0 Å². The molecule has 0 aliphatic carbocycles. The molecular formula is C16H13ClN2O. The fraction of sp³-hybridized carbons (Fsp3) is 0.125. The quantitative estimate of drug-likeness (QED) is 0.717. The third kappa shape index (κ3) is 2.32. The first-order valence-corrected chi connectivity index (χ1v) is 6.81. The van der Waals surface area contributed by atoms with Gasteiger partial charge in [0.1, 0.15) is 11.4 Å². The topological polar surface area (TPSA) is 35.0 Å². The Hall–Kier alpha value is -2.13. The van der Waals surface area contributed by atoms with Crippen molar-refractivity contribution in [3.05, 3.63) is 53.7 Å². The molecule has 0 N–H and O–H groups in total. The molecule has 3 nitrogen and oxygen atoms in total. The van der Waals surface area contributed by atoms with Crippen LogP contribution in [0, 0.1) is 0 Å². The second-order valence-electron chi connectivity index (χ2n) is 4.35. The van der Waals surface area contributed by atoms with Gasteiger partial charge in [-0.25, -0.2) is 0 Å². The number of fused-ring (bicyclic) bond motifs is 1. The number of rotatable bonds is 3. The summed E-state index contributed by atoms with van der Waals surface area (Å²) in [5, 5.41) is 10.6. The van der Waals surface area contributed by atoms with E-state index in [1.807, 2.05) is 55.5 Å². The minimum absolute atomic E-state index is 0.422. The summed E-state index contributed by atoms with van der Waals surface area (Å²) in [6, 6.07) is 15.7. The fourth-order valence-electron chi connectivity index (χ4n) is 2.18. The number of halogens is 1. The summed E-state index contributed by atoms with van der Waals surface area (Å²) in [6.45, 7) is 2.60. The highest BCUT2D eigenvalue weighted by Crippen LogP contribution is 2.30. The maximum atomic E-state index is 6.10. The Morgan fingerprint density at radius 2 is 1.80 bits per heavy atom. The Kier molecular flexibility index (Phi) is 3.52. The standard InChI is InChI=1S/C16H13ClN2O/c1-2-20-12-7-5-6-11(10-12)15-13-8-3-4-9-14(13)16(17)19-18-15/h3-10H,2H2,1H3. The highest BCUT2D eigenvalue weighted by Gasteiger charge is 2.10. The molecule has 0 aliphatic rings. The summed E-state index contributed by atoms with van der Waals surface area (Å²) >= 11 is 6.10. The van der Waals surface area contributed by atoms with Crippen molar-refractivity contribution in [2.24, 2.45) is 0 Å². The van der Waals surface area contributed by atoms with E-state index in [9.17, 15) is 0 Å². The molecule has 0 unspecified atom stereocenters. The van der Waals surface area contributed by atoms with Crippen LogP contribution in [0.4, 0.5) is 0 Å². The van der Waals surface area contributed by atoms with E-state index in [2.05, 4.69) is 10.2 Å². The van der Waals surface area contributed by atoms with Gasteiger partial charge in [-0.3, -0.25) is 0 Å². The van der Waals surface area contributed by atoms with Crippen LogP contribution in [0.5, 0.6) is 5.75 Å². The van der Waals surface area contributed by atoms with Gasteiger partial charge in [0.15, 0.2) is 5.15 Å². The zero-order valence-corrected chi connectivity index (χ0v) is 11.8. The molecular weight excluding hydrogens is 272 g/mol. The van der Waals surface area contributed by atoms with Crippen molar-refractivity contribution < 1.29 is 4.74 Å². The molecule has 3 rings (SSSR count). The third-order valence-electron chi connectivity index (χ3n) is 3.06. The van der Waals surface area contributed by atoms with Crippen LogP contribution in [0.15, 0.2) is 48.5 Å². The van der Waals surface area contributed by atoms with Crippen molar-refractivity contribution in [2.75, 3.05) is 6.61 Å². The van der Waals surface area contributed by atoms with E-state index >= 15 is 0 Å². The van der Waals surface area contributed by atoms with Crippen molar-refractivity contribution in [2.45, 2.75) is 6.92 Å². The molecule has 3 aromatic rings. The van der Waals surface area contributed by atoms with Crippen LogP contribution in [0.2, 0.25) is 5.15 Å². The Labute approximate surface area is 122 Å². The first kappa shape index (κ1) is 12.9. The second kappa shape index (κ2) is 5.47. The lowest BCUT2D eigenvalue weighted by Gasteiger charge is -2.08. The molecule has 4 heteroatoms. The summed E-state index contributed by atoms with van der Waals surface area (Å²) < 4.78 is 5.53. The van der Waals surface area contributed by atoms with Gasteiger partial charge < -0.3 is 4.74 Å². The van der Waals surface area contributed by atoms with E-state index in [1.54, 1.807) is 0 Å². The second-order valence-corrected chi connectivity index (χ2v) is 4.70. The smallest absolute Gasteiger partial charge is 0.159 e. The molecule has 0 spiro atoms. The number of aromatic nitrogens is 2. The van der Waals surface area contributed by atoms with Gasteiger partial charge in [-0.2, -0.15) is 0 Å². The Morgan fingerprint density at radius 3 is 2.60 bits per heavy atom. The summed E-state index contributed by atoms with van der Waals surface area (Å²) in [4.78, 5) is 0. The van der Waals surface area contributed by atoms with Gasteiger partial charge in [0, 0.05) is 16.3 Å².